The van der Waals surface area contributed by atoms with Crippen molar-refractivity contribution in [3.05, 3.63) is 67.0 Å². The summed E-state index contributed by atoms with van der Waals surface area (Å²) < 4.78 is 47.8. The minimum atomic E-state index is -4.02. The monoisotopic (exact) mass is 362 g/mol. The summed E-state index contributed by atoms with van der Waals surface area (Å²) in [5.41, 5.74) is 0.279. The average Bonchev–Trinajstić information content (AvgIpc) is 3.08. The summed E-state index contributed by atoms with van der Waals surface area (Å²) in [5, 5.41) is 3.95. The van der Waals surface area contributed by atoms with Gasteiger partial charge in [0, 0.05) is 6.07 Å². The Morgan fingerprint density at radius 3 is 2.76 bits per heavy atom. The molecule has 130 valence electrons. The van der Waals surface area contributed by atoms with Crippen molar-refractivity contribution in [3.8, 4) is 5.75 Å². The molecule has 0 fully saturated rings. The lowest BCUT2D eigenvalue weighted by Crippen LogP contribution is -2.14. The van der Waals surface area contributed by atoms with Crippen LogP contribution in [0.1, 0.15) is 0 Å². The molecule has 0 radical (unpaired) electrons. The van der Waals surface area contributed by atoms with E-state index in [-0.39, 0.29) is 5.69 Å². The van der Waals surface area contributed by atoms with Crippen LogP contribution in [0, 0.1) is 5.82 Å². The molecule has 0 saturated heterocycles. The van der Waals surface area contributed by atoms with E-state index in [0.717, 1.165) is 6.07 Å². The summed E-state index contributed by atoms with van der Waals surface area (Å²) in [7, 11) is -4.02. The van der Waals surface area contributed by atoms with Gasteiger partial charge in [0.25, 0.3) is 10.0 Å². The van der Waals surface area contributed by atoms with E-state index in [2.05, 4.69) is 14.8 Å². The number of nitrogens with zero attached hydrogens (tertiary/aromatic N) is 3. The molecular formula is C16H15FN4O3S. The summed E-state index contributed by atoms with van der Waals surface area (Å²) in [4.78, 5) is 3.42. The number of nitrogens with one attached hydrogen (secondary N) is 1. The van der Waals surface area contributed by atoms with Crippen molar-refractivity contribution >= 4 is 15.7 Å². The first-order chi connectivity index (χ1) is 12.0. The Labute approximate surface area is 144 Å². The van der Waals surface area contributed by atoms with Gasteiger partial charge in [0.2, 0.25) is 0 Å². The maximum Gasteiger partial charge on any atom is 0.264 e. The third-order valence-corrected chi connectivity index (χ3v) is 4.68. The third-order valence-electron chi connectivity index (χ3n) is 3.27. The number of benzene rings is 2. The molecule has 0 saturated carbocycles. The molecule has 0 unspecified atom stereocenters. The summed E-state index contributed by atoms with van der Waals surface area (Å²) in [6.45, 7) is 0.845. The van der Waals surface area contributed by atoms with E-state index in [9.17, 15) is 12.8 Å². The van der Waals surface area contributed by atoms with Crippen LogP contribution in [0.2, 0.25) is 0 Å². The SMILES string of the molecule is O=S(=O)(Nc1cccc(OCCn2cncn2)c1)c1ccccc1F. The van der Waals surface area contributed by atoms with Gasteiger partial charge in [0.15, 0.2) is 0 Å². The Morgan fingerprint density at radius 2 is 2.00 bits per heavy atom. The number of aromatic nitrogens is 3. The summed E-state index contributed by atoms with van der Waals surface area (Å²) in [6, 6.07) is 11.6. The normalized spacial score (nSPS) is 11.2. The highest BCUT2D eigenvalue weighted by Gasteiger charge is 2.18. The van der Waals surface area contributed by atoms with Gasteiger partial charge in [-0.05, 0) is 24.3 Å². The van der Waals surface area contributed by atoms with Crippen molar-refractivity contribution in [1.82, 2.24) is 14.8 Å². The minimum absolute atomic E-state index is 0.279. The van der Waals surface area contributed by atoms with E-state index in [1.165, 1.54) is 30.6 Å². The molecule has 0 atom stereocenters. The molecule has 0 bridgehead atoms. The predicted octanol–water partition coefficient (Wildman–Crippen LogP) is 2.30. The second-order valence-corrected chi connectivity index (χ2v) is 6.72. The highest BCUT2D eigenvalue weighted by Crippen LogP contribution is 2.22. The van der Waals surface area contributed by atoms with E-state index in [1.54, 1.807) is 29.2 Å². The molecule has 0 aliphatic rings. The molecule has 0 amide bonds. The van der Waals surface area contributed by atoms with Crippen molar-refractivity contribution in [2.24, 2.45) is 0 Å². The van der Waals surface area contributed by atoms with Crippen LogP contribution < -0.4 is 9.46 Å². The third kappa shape index (κ3) is 4.32. The van der Waals surface area contributed by atoms with E-state index >= 15 is 0 Å². The van der Waals surface area contributed by atoms with E-state index in [1.807, 2.05) is 0 Å². The quantitative estimate of drug-likeness (QED) is 0.697. The first-order valence-electron chi connectivity index (χ1n) is 7.37. The fraction of sp³-hybridized carbons (Fsp3) is 0.125. The lowest BCUT2D eigenvalue weighted by molar-refractivity contribution is 0.291. The lowest BCUT2D eigenvalue weighted by Gasteiger charge is -2.11. The summed E-state index contributed by atoms with van der Waals surface area (Å²) >= 11 is 0. The average molecular weight is 362 g/mol. The van der Waals surface area contributed by atoms with Gasteiger partial charge in [-0.1, -0.05) is 18.2 Å². The van der Waals surface area contributed by atoms with Crippen LogP contribution in [0.5, 0.6) is 5.75 Å². The van der Waals surface area contributed by atoms with Crippen LogP contribution in [0.3, 0.4) is 0 Å². The number of ether oxygens (including phenoxy) is 1. The van der Waals surface area contributed by atoms with Crippen LogP contribution in [-0.4, -0.2) is 29.8 Å². The standard InChI is InChI=1S/C16H15FN4O3S/c17-15-6-1-2-7-16(15)25(22,23)20-13-4-3-5-14(10-13)24-9-8-21-12-18-11-19-21/h1-7,10-12,20H,8-9H2. The van der Waals surface area contributed by atoms with E-state index in [0.29, 0.717) is 18.9 Å². The maximum atomic E-state index is 13.7. The Kier molecular flexibility index (Phi) is 4.94. The highest BCUT2D eigenvalue weighted by molar-refractivity contribution is 7.92. The number of hydrogen-bond donors (Lipinski definition) is 1. The molecule has 0 aliphatic heterocycles. The molecule has 1 heterocycles. The highest BCUT2D eigenvalue weighted by atomic mass is 32.2. The molecule has 2 aromatic carbocycles. The fourth-order valence-corrected chi connectivity index (χ4v) is 3.26. The van der Waals surface area contributed by atoms with Gasteiger partial charge in [-0.3, -0.25) is 4.72 Å². The molecule has 25 heavy (non-hydrogen) atoms. The Balaban J connectivity index is 1.68. The smallest absolute Gasteiger partial charge is 0.264 e. The van der Waals surface area contributed by atoms with Crippen molar-refractivity contribution in [3.63, 3.8) is 0 Å². The zero-order valence-electron chi connectivity index (χ0n) is 13.0. The van der Waals surface area contributed by atoms with Crippen molar-refractivity contribution in [2.75, 3.05) is 11.3 Å². The molecule has 0 aliphatic carbocycles. The van der Waals surface area contributed by atoms with Gasteiger partial charge in [-0.15, -0.1) is 0 Å². The van der Waals surface area contributed by atoms with Gasteiger partial charge in [-0.25, -0.2) is 22.5 Å². The van der Waals surface area contributed by atoms with Crippen LogP contribution in [-0.2, 0) is 16.6 Å². The van der Waals surface area contributed by atoms with Gasteiger partial charge >= 0.3 is 0 Å². The first-order valence-corrected chi connectivity index (χ1v) is 8.85. The van der Waals surface area contributed by atoms with Crippen LogP contribution in [0.4, 0.5) is 10.1 Å². The van der Waals surface area contributed by atoms with Crippen LogP contribution in [0.25, 0.3) is 0 Å². The molecule has 9 heteroatoms. The van der Waals surface area contributed by atoms with E-state index < -0.39 is 20.7 Å². The molecule has 0 spiro atoms. The second-order valence-electron chi connectivity index (χ2n) is 5.07. The molecular weight excluding hydrogens is 347 g/mol. The summed E-state index contributed by atoms with van der Waals surface area (Å²) in [5.74, 6) is -0.330. The maximum absolute atomic E-state index is 13.7. The number of hydrogen-bond acceptors (Lipinski definition) is 5. The fourth-order valence-electron chi connectivity index (χ4n) is 2.13. The van der Waals surface area contributed by atoms with Gasteiger partial charge in [-0.2, -0.15) is 5.10 Å². The molecule has 1 aromatic heterocycles. The Morgan fingerprint density at radius 1 is 1.16 bits per heavy atom. The predicted molar refractivity (Wildman–Crippen MR) is 89.2 cm³/mol. The largest absolute Gasteiger partial charge is 0.492 e. The van der Waals surface area contributed by atoms with Gasteiger partial charge in [0.05, 0.1) is 12.2 Å². The van der Waals surface area contributed by atoms with Crippen molar-refractivity contribution < 1.29 is 17.5 Å². The number of anilines is 1. The van der Waals surface area contributed by atoms with E-state index in [4.69, 9.17) is 4.74 Å². The van der Waals surface area contributed by atoms with Crippen LogP contribution >= 0.6 is 0 Å². The Hall–Kier alpha value is -2.94. The number of sulfonamides is 1. The van der Waals surface area contributed by atoms with Gasteiger partial charge in [0.1, 0.15) is 35.7 Å². The topological polar surface area (TPSA) is 86.1 Å². The second kappa shape index (κ2) is 7.31. The Bertz CT molecular complexity index is 946. The molecule has 3 rings (SSSR count). The molecule has 1 N–H and O–H groups in total. The zero-order valence-corrected chi connectivity index (χ0v) is 13.9. The number of rotatable bonds is 7. The first kappa shape index (κ1) is 16.9. The lowest BCUT2D eigenvalue weighted by atomic mass is 10.3. The van der Waals surface area contributed by atoms with Gasteiger partial charge < -0.3 is 4.74 Å². The van der Waals surface area contributed by atoms with Crippen LogP contribution in [0.15, 0.2) is 66.1 Å². The number of halogens is 1. The van der Waals surface area contributed by atoms with Crippen molar-refractivity contribution in [2.45, 2.75) is 11.4 Å². The molecule has 7 nitrogen and oxygen atoms in total. The van der Waals surface area contributed by atoms with Crippen molar-refractivity contribution in [1.29, 1.82) is 0 Å². The minimum Gasteiger partial charge on any atom is -0.492 e. The molecule has 3 aromatic rings. The summed E-state index contributed by atoms with van der Waals surface area (Å²) in [6.07, 6.45) is 3.00. The zero-order chi connectivity index (χ0) is 17.7.